The summed E-state index contributed by atoms with van der Waals surface area (Å²) in [5, 5.41) is 9.37. The van der Waals surface area contributed by atoms with Crippen molar-refractivity contribution in [2.45, 2.75) is 12.8 Å². The van der Waals surface area contributed by atoms with E-state index in [1.54, 1.807) is 31.4 Å². The van der Waals surface area contributed by atoms with Gasteiger partial charge in [-0.05, 0) is 30.5 Å². The zero-order valence-corrected chi connectivity index (χ0v) is 11.4. The van der Waals surface area contributed by atoms with Gasteiger partial charge in [0.05, 0.1) is 24.0 Å². The molecule has 0 bridgehead atoms. The van der Waals surface area contributed by atoms with Gasteiger partial charge in [0.25, 0.3) is 0 Å². The second kappa shape index (κ2) is 4.85. The normalized spacial score (nSPS) is 25.1. The smallest absolute Gasteiger partial charge is 0.311 e. The van der Waals surface area contributed by atoms with Crippen LogP contribution >= 0.6 is 0 Å². The first-order chi connectivity index (χ1) is 8.87. The lowest BCUT2D eigenvalue weighted by molar-refractivity contribution is -0.147. The Kier molecular flexibility index (Phi) is 3.54. The highest BCUT2D eigenvalue weighted by atomic mass is 32.2. The topological polar surface area (TPSA) is 80.7 Å². The first-order valence-corrected chi connectivity index (χ1v) is 7.76. The van der Waals surface area contributed by atoms with Crippen LogP contribution in [0.5, 0.6) is 5.75 Å². The van der Waals surface area contributed by atoms with Crippen molar-refractivity contribution >= 4 is 15.8 Å². The van der Waals surface area contributed by atoms with Crippen molar-refractivity contribution in [1.82, 2.24) is 0 Å². The summed E-state index contributed by atoms with van der Waals surface area (Å²) in [6.45, 7) is 0. The summed E-state index contributed by atoms with van der Waals surface area (Å²) in [6, 6.07) is 7.03. The maximum Gasteiger partial charge on any atom is 0.311 e. The SMILES string of the molecule is COc1ccc(CC2(C(=O)O)CCS(=O)(=O)C2)cc1. The monoisotopic (exact) mass is 284 g/mol. The van der Waals surface area contributed by atoms with Gasteiger partial charge in [0.2, 0.25) is 0 Å². The van der Waals surface area contributed by atoms with Crippen LogP contribution in [0, 0.1) is 5.41 Å². The van der Waals surface area contributed by atoms with Gasteiger partial charge in [-0.1, -0.05) is 12.1 Å². The molecule has 6 heteroatoms. The number of aliphatic carboxylic acids is 1. The number of hydrogen-bond acceptors (Lipinski definition) is 4. The third-order valence-corrected chi connectivity index (χ3v) is 5.36. The second-order valence-electron chi connectivity index (χ2n) is 4.95. The minimum atomic E-state index is -3.24. The first kappa shape index (κ1) is 13.9. The average molecular weight is 284 g/mol. The number of carboxylic acids is 1. The number of carboxylic acid groups (broad SMARTS) is 1. The van der Waals surface area contributed by atoms with Crippen LogP contribution < -0.4 is 4.74 Å². The van der Waals surface area contributed by atoms with Gasteiger partial charge in [-0.3, -0.25) is 4.79 Å². The van der Waals surface area contributed by atoms with Gasteiger partial charge < -0.3 is 9.84 Å². The molecule has 0 radical (unpaired) electrons. The Morgan fingerprint density at radius 1 is 1.37 bits per heavy atom. The maximum absolute atomic E-state index is 11.6. The van der Waals surface area contributed by atoms with E-state index >= 15 is 0 Å². The molecule has 1 aromatic rings. The molecule has 1 atom stereocenters. The minimum absolute atomic E-state index is 0.0462. The summed E-state index contributed by atoms with van der Waals surface area (Å²) in [4.78, 5) is 11.4. The van der Waals surface area contributed by atoms with E-state index in [9.17, 15) is 18.3 Å². The van der Waals surface area contributed by atoms with Gasteiger partial charge in [0, 0.05) is 0 Å². The highest BCUT2D eigenvalue weighted by molar-refractivity contribution is 7.91. The molecule has 1 aliphatic heterocycles. The van der Waals surface area contributed by atoms with Crippen LogP contribution in [-0.4, -0.2) is 38.1 Å². The standard InChI is InChI=1S/C13H16O5S/c1-18-11-4-2-10(3-5-11)8-13(12(14)15)6-7-19(16,17)9-13/h2-5H,6-9H2,1H3,(H,14,15). The van der Waals surface area contributed by atoms with Crippen molar-refractivity contribution in [3.05, 3.63) is 29.8 Å². The summed E-state index contributed by atoms with van der Waals surface area (Å²) in [6.07, 6.45) is 0.405. The molecule has 1 saturated heterocycles. The number of rotatable bonds is 4. The lowest BCUT2D eigenvalue weighted by Gasteiger charge is -2.22. The van der Waals surface area contributed by atoms with E-state index < -0.39 is 21.2 Å². The van der Waals surface area contributed by atoms with E-state index in [4.69, 9.17) is 4.74 Å². The van der Waals surface area contributed by atoms with Crippen molar-refractivity contribution in [2.24, 2.45) is 5.41 Å². The summed E-state index contributed by atoms with van der Waals surface area (Å²) in [5.74, 6) is -0.673. The largest absolute Gasteiger partial charge is 0.497 e. The van der Waals surface area contributed by atoms with E-state index in [0.717, 1.165) is 5.56 Å². The lowest BCUT2D eigenvalue weighted by Crippen LogP contribution is -2.34. The Morgan fingerprint density at radius 3 is 2.42 bits per heavy atom. The summed E-state index contributed by atoms with van der Waals surface area (Å²) >= 11 is 0. The fourth-order valence-electron chi connectivity index (χ4n) is 2.43. The van der Waals surface area contributed by atoms with Crippen molar-refractivity contribution in [1.29, 1.82) is 0 Å². The van der Waals surface area contributed by atoms with Gasteiger partial charge in [0.1, 0.15) is 5.75 Å². The van der Waals surface area contributed by atoms with E-state index in [2.05, 4.69) is 0 Å². The first-order valence-electron chi connectivity index (χ1n) is 5.94. The predicted octanol–water partition coefficient (Wildman–Crippen LogP) is 1.13. The Morgan fingerprint density at radius 2 is 2.00 bits per heavy atom. The zero-order valence-electron chi connectivity index (χ0n) is 10.6. The summed E-state index contributed by atoms with van der Waals surface area (Å²) in [7, 11) is -1.68. The molecule has 0 saturated carbocycles. The fraction of sp³-hybridized carbons (Fsp3) is 0.462. The molecular formula is C13H16O5S. The molecule has 1 fully saturated rings. The molecule has 104 valence electrons. The molecule has 2 rings (SSSR count). The predicted molar refractivity (Wildman–Crippen MR) is 70.0 cm³/mol. The van der Waals surface area contributed by atoms with Crippen LogP contribution in [0.1, 0.15) is 12.0 Å². The summed E-state index contributed by atoms with van der Waals surface area (Å²) in [5.41, 5.74) is -0.381. The molecule has 0 aliphatic carbocycles. The third kappa shape index (κ3) is 2.89. The molecular weight excluding hydrogens is 268 g/mol. The minimum Gasteiger partial charge on any atom is -0.497 e. The summed E-state index contributed by atoms with van der Waals surface area (Å²) < 4.78 is 28.1. The maximum atomic E-state index is 11.6. The van der Waals surface area contributed by atoms with E-state index in [0.29, 0.717) is 5.75 Å². The number of benzene rings is 1. The molecule has 1 aliphatic rings. The molecule has 1 aromatic carbocycles. The van der Waals surface area contributed by atoms with Crippen LogP contribution in [0.15, 0.2) is 24.3 Å². The molecule has 1 N–H and O–H groups in total. The molecule has 0 spiro atoms. The molecule has 5 nitrogen and oxygen atoms in total. The number of carbonyl (C=O) groups is 1. The molecule has 0 amide bonds. The van der Waals surface area contributed by atoms with E-state index in [-0.39, 0.29) is 24.3 Å². The Balaban J connectivity index is 2.24. The van der Waals surface area contributed by atoms with Crippen LogP contribution in [0.25, 0.3) is 0 Å². The number of ether oxygens (including phenoxy) is 1. The van der Waals surface area contributed by atoms with Gasteiger partial charge in [-0.25, -0.2) is 8.42 Å². The van der Waals surface area contributed by atoms with Gasteiger partial charge >= 0.3 is 5.97 Å². The fourth-order valence-corrected chi connectivity index (χ4v) is 4.49. The lowest BCUT2D eigenvalue weighted by atomic mass is 9.81. The van der Waals surface area contributed by atoms with Crippen LogP contribution in [0.3, 0.4) is 0 Å². The molecule has 1 unspecified atom stereocenters. The quantitative estimate of drug-likeness (QED) is 0.896. The van der Waals surface area contributed by atoms with Crippen molar-refractivity contribution in [3.8, 4) is 5.75 Å². The van der Waals surface area contributed by atoms with Gasteiger partial charge in [0.15, 0.2) is 9.84 Å². The Labute approximate surface area is 112 Å². The van der Waals surface area contributed by atoms with Crippen LogP contribution in [-0.2, 0) is 21.1 Å². The van der Waals surface area contributed by atoms with Gasteiger partial charge in [-0.2, -0.15) is 0 Å². The number of methoxy groups -OCH3 is 1. The zero-order chi connectivity index (χ0) is 14.1. The van der Waals surface area contributed by atoms with E-state index in [1.807, 2.05) is 0 Å². The number of hydrogen-bond donors (Lipinski definition) is 1. The Hall–Kier alpha value is -1.56. The van der Waals surface area contributed by atoms with Crippen molar-refractivity contribution in [2.75, 3.05) is 18.6 Å². The van der Waals surface area contributed by atoms with Gasteiger partial charge in [-0.15, -0.1) is 0 Å². The van der Waals surface area contributed by atoms with Crippen molar-refractivity contribution in [3.63, 3.8) is 0 Å². The average Bonchev–Trinajstić information content (AvgIpc) is 2.67. The highest BCUT2D eigenvalue weighted by Gasteiger charge is 2.48. The second-order valence-corrected chi connectivity index (χ2v) is 7.14. The molecule has 0 aromatic heterocycles. The van der Waals surface area contributed by atoms with E-state index in [1.165, 1.54) is 0 Å². The third-order valence-electron chi connectivity index (χ3n) is 3.54. The molecule has 19 heavy (non-hydrogen) atoms. The Bertz CT molecular complexity index is 576. The molecule has 1 heterocycles. The van der Waals surface area contributed by atoms with Crippen molar-refractivity contribution < 1.29 is 23.1 Å². The number of sulfone groups is 1. The van der Waals surface area contributed by atoms with Crippen LogP contribution in [0.2, 0.25) is 0 Å². The van der Waals surface area contributed by atoms with Crippen LogP contribution in [0.4, 0.5) is 0 Å². The highest BCUT2D eigenvalue weighted by Crippen LogP contribution is 2.36.